The lowest BCUT2D eigenvalue weighted by molar-refractivity contribution is -0.606. The fraction of sp³-hybridized carbons (Fsp3) is 0. The van der Waals surface area contributed by atoms with E-state index in [9.17, 15) is 5.21 Å². The lowest BCUT2D eigenvalue weighted by Crippen LogP contribution is -2.24. The molecule has 1 aromatic rings. The van der Waals surface area contributed by atoms with E-state index in [0.29, 0.717) is 9.37 Å². The van der Waals surface area contributed by atoms with Crippen molar-refractivity contribution in [1.82, 2.24) is 4.98 Å². The van der Waals surface area contributed by atoms with Gasteiger partial charge in [0.25, 0.3) is 0 Å². The third-order valence-electron chi connectivity index (χ3n) is 0.692. The Kier molecular flexibility index (Phi) is 1.26. The minimum absolute atomic E-state index is 0.447. The van der Waals surface area contributed by atoms with E-state index in [2.05, 4.69) is 17.2 Å². The molecule has 0 atom stereocenters. The van der Waals surface area contributed by atoms with E-state index >= 15 is 0 Å². The first-order valence-corrected chi connectivity index (χ1v) is 2.47. The second-order valence-electron chi connectivity index (χ2n) is 1.31. The van der Waals surface area contributed by atoms with Gasteiger partial charge in [-0.25, -0.2) is 0 Å². The molecule has 0 saturated heterocycles. The highest BCUT2D eigenvalue weighted by molar-refractivity contribution is 7.71. The Morgan fingerprint density at radius 2 is 2.50 bits per heavy atom. The van der Waals surface area contributed by atoms with E-state index in [4.69, 9.17) is 0 Å². The Labute approximate surface area is 51.2 Å². The van der Waals surface area contributed by atoms with E-state index in [1.165, 1.54) is 18.6 Å². The van der Waals surface area contributed by atoms with Gasteiger partial charge in [-0.05, 0) is 0 Å². The zero-order chi connectivity index (χ0) is 5.98. The standard InChI is InChI=1S/C4H4N2OS/c7-6-2-1-5-4(8)3-6/h1-3H,(H,5,8). The zero-order valence-corrected chi connectivity index (χ0v) is 4.81. The lowest BCUT2D eigenvalue weighted by Gasteiger charge is -1.89. The van der Waals surface area contributed by atoms with Crippen LogP contribution in [-0.4, -0.2) is 4.98 Å². The van der Waals surface area contributed by atoms with Crippen LogP contribution in [0.1, 0.15) is 0 Å². The molecule has 0 spiro atoms. The Bertz CT molecular complexity index is 231. The summed E-state index contributed by atoms with van der Waals surface area (Å²) in [6, 6.07) is 0. The van der Waals surface area contributed by atoms with Crippen molar-refractivity contribution in [3.63, 3.8) is 0 Å². The van der Waals surface area contributed by atoms with Crippen LogP contribution in [0.15, 0.2) is 18.6 Å². The van der Waals surface area contributed by atoms with Crippen molar-refractivity contribution in [3.8, 4) is 0 Å². The largest absolute Gasteiger partial charge is 0.619 e. The molecule has 0 amide bonds. The van der Waals surface area contributed by atoms with Gasteiger partial charge >= 0.3 is 0 Å². The molecule has 8 heavy (non-hydrogen) atoms. The fourth-order valence-corrected chi connectivity index (χ4v) is 0.561. The Morgan fingerprint density at radius 3 is 2.88 bits per heavy atom. The van der Waals surface area contributed by atoms with Crippen LogP contribution >= 0.6 is 12.2 Å². The van der Waals surface area contributed by atoms with Gasteiger partial charge in [0.1, 0.15) is 0 Å². The first-order chi connectivity index (χ1) is 3.79. The molecule has 42 valence electrons. The molecule has 0 radical (unpaired) electrons. The van der Waals surface area contributed by atoms with Crippen molar-refractivity contribution in [2.75, 3.05) is 0 Å². The predicted molar refractivity (Wildman–Crippen MR) is 30.6 cm³/mol. The summed E-state index contributed by atoms with van der Waals surface area (Å²) in [7, 11) is 0. The average Bonchev–Trinajstić information content (AvgIpc) is 1.64. The number of H-pyrrole nitrogens is 1. The van der Waals surface area contributed by atoms with Gasteiger partial charge in [-0.1, -0.05) is 12.2 Å². The van der Waals surface area contributed by atoms with Crippen LogP contribution in [0.25, 0.3) is 0 Å². The molecule has 0 aliphatic heterocycles. The average molecular weight is 128 g/mol. The summed E-state index contributed by atoms with van der Waals surface area (Å²) in [5.74, 6) is 0. The van der Waals surface area contributed by atoms with Gasteiger partial charge in [0.2, 0.25) is 6.20 Å². The normalized spacial score (nSPS) is 9.00. The van der Waals surface area contributed by atoms with Crippen molar-refractivity contribution in [1.29, 1.82) is 0 Å². The highest BCUT2D eigenvalue weighted by Crippen LogP contribution is 1.73. The van der Waals surface area contributed by atoms with E-state index in [-0.39, 0.29) is 0 Å². The molecule has 1 heterocycles. The van der Waals surface area contributed by atoms with E-state index in [1.807, 2.05) is 0 Å². The summed E-state index contributed by atoms with van der Waals surface area (Å²) in [6.45, 7) is 0. The van der Waals surface area contributed by atoms with Crippen LogP contribution in [0.5, 0.6) is 0 Å². The summed E-state index contributed by atoms with van der Waals surface area (Å²) < 4.78 is 1.10. The number of rotatable bonds is 0. The van der Waals surface area contributed by atoms with Crippen LogP contribution < -0.4 is 4.73 Å². The maximum atomic E-state index is 10.3. The molecule has 3 nitrogen and oxygen atoms in total. The van der Waals surface area contributed by atoms with Crippen LogP contribution in [-0.2, 0) is 0 Å². The van der Waals surface area contributed by atoms with E-state index < -0.39 is 0 Å². The first-order valence-electron chi connectivity index (χ1n) is 2.06. The number of aromatic amines is 1. The Hall–Kier alpha value is -0.900. The van der Waals surface area contributed by atoms with Gasteiger partial charge in [-0.15, -0.1) is 0 Å². The van der Waals surface area contributed by atoms with Crippen LogP contribution in [0.4, 0.5) is 0 Å². The minimum Gasteiger partial charge on any atom is -0.619 e. The van der Waals surface area contributed by atoms with Gasteiger partial charge in [0.15, 0.2) is 10.8 Å². The molecule has 0 aromatic carbocycles. The van der Waals surface area contributed by atoms with Crippen molar-refractivity contribution in [2.45, 2.75) is 0 Å². The van der Waals surface area contributed by atoms with Crippen molar-refractivity contribution in [3.05, 3.63) is 28.4 Å². The number of nitrogens with zero attached hydrogens (tertiary/aromatic N) is 1. The first kappa shape index (κ1) is 5.24. The Balaban J connectivity index is 3.28. The van der Waals surface area contributed by atoms with E-state index in [1.54, 1.807) is 0 Å². The summed E-state index contributed by atoms with van der Waals surface area (Å²) in [6.07, 6.45) is 4.13. The molecule has 0 saturated carbocycles. The highest BCUT2D eigenvalue weighted by atomic mass is 32.1. The molecule has 1 N–H and O–H groups in total. The summed E-state index contributed by atoms with van der Waals surface area (Å²) in [4.78, 5) is 2.67. The SMILES string of the molecule is [O-][n+]1cc[nH]c(=S)c1. The van der Waals surface area contributed by atoms with Gasteiger partial charge < -0.3 is 10.2 Å². The molecule has 0 unspecified atom stereocenters. The fourth-order valence-electron chi connectivity index (χ4n) is 0.389. The van der Waals surface area contributed by atoms with Crippen LogP contribution in [0, 0.1) is 9.85 Å². The highest BCUT2D eigenvalue weighted by Gasteiger charge is 1.81. The quantitative estimate of drug-likeness (QED) is 0.312. The molecule has 1 aromatic heterocycles. The topological polar surface area (TPSA) is 42.7 Å². The lowest BCUT2D eigenvalue weighted by atomic mass is 10.8. The van der Waals surface area contributed by atoms with Crippen molar-refractivity contribution < 1.29 is 4.73 Å². The van der Waals surface area contributed by atoms with Crippen molar-refractivity contribution in [2.24, 2.45) is 0 Å². The third kappa shape index (κ3) is 1.04. The second kappa shape index (κ2) is 1.92. The van der Waals surface area contributed by atoms with Gasteiger partial charge in [-0.3, -0.25) is 0 Å². The number of nitrogens with one attached hydrogen (secondary N) is 1. The Morgan fingerprint density at radius 1 is 1.75 bits per heavy atom. The molecule has 0 fully saturated rings. The molecule has 0 aliphatic rings. The summed E-state index contributed by atoms with van der Waals surface area (Å²) in [5.41, 5.74) is 0. The molecule has 4 heteroatoms. The van der Waals surface area contributed by atoms with Gasteiger partial charge in [0.05, 0.1) is 6.20 Å². The zero-order valence-electron chi connectivity index (χ0n) is 4.00. The molecule has 0 bridgehead atoms. The van der Waals surface area contributed by atoms with Crippen LogP contribution in [0.2, 0.25) is 0 Å². The van der Waals surface area contributed by atoms with Gasteiger partial charge in [0, 0.05) is 0 Å². The van der Waals surface area contributed by atoms with Crippen molar-refractivity contribution >= 4 is 12.2 Å². The third-order valence-corrected chi connectivity index (χ3v) is 0.915. The summed E-state index contributed by atoms with van der Waals surface area (Å²) >= 11 is 4.62. The second-order valence-corrected chi connectivity index (χ2v) is 1.75. The smallest absolute Gasteiger partial charge is 0.215 e. The number of aromatic nitrogens is 2. The molecule has 0 aliphatic carbocycles. The summed E-state index contributed by atoms with van der Waals surface area (Å²) in [5, 5.41) is 10.3. The minimum atomic E-state index is 0.447. The predicted octanol–water partition coefficient (Wildman–Crippen LogP) is 0.378. The number of hydrogen-bond acceptors (Lipinski definition) is 2. The molecular formula is C4H4N2OS. The maximum Gasteiger partial charge on any atom is 0.215 e. The number of hydrogen-bond donors (Lipinski definition) is 1. The maximum absolute atomic E-state index is 10.3. The molecule has 1 rings (SSSR count). The van der Waals surface area contributed by atoms with Crippen LogP contribution in [0.3, 0.4) is 0 Å². The van der Waals surface area contributed by atoms with E-state index in [0.717, 1.165) is 0 Å². The molecular weight excluding hydrogens is 124 g/mol. The van der Waals surface area contributed by atoms with Gasteiger partial charge in [-0.2, -0.15) is 4.73 Å². The monoisotopic (exact) mass is 128 g/mol.